The van der Waals surface area contributed by atoms with Gasteiger partial charge in [-0.15, -0.1) is 0 Å². The fraction of sp³-hybridized carbons (Fsp3) is 0.350. The number of nitrogens with one attached hydrogen (secondary N) is 3. The number of anilines is 3. The minimum Gasteiger partial charge on any atom is -0.383 e. The molecule has 0 bridgehead atoms. The predicted octanol–water partition coefficient (Wildman–Crippen LogP) is 3.42. The Kier molecular flexibility index (Phi) is 7.31. The van der Waals surface area contributed by atoms with Gasteiger partial charge in [-0.25, -0.2) is 4.98 Å². The van der Waals surface area contributed by atoms with E-state index in [-0.39, 0.29) is 17.7 Å². The molecule has 2 rings (SSSR count). The second kappa shape index (κ2) is 9.68. The molecule has 7 heteroatoms. The summed E-state index contributed by atoms with van der Waals surface area (Å²) in [5.74, 6) is 0.343. The number of carbonyl (C=O) groups excluding carboxylic acids is 2. The van der Waals surface area contributed by atoms with E-state index in [0.29, 0.717) is 35.8 Å². The summed E-state index contributed by atoms with van der Waals surface area (Å²) in [4.78, 5) is 28.5. The summed E-state index contributed by atoms with van der Waals surface area (Å²) in [6.07, 6.45) is 1.52. The highest BCUT2D eigenvalue weighted by Crippen LogP contribution is 2.24. The van der Waals surface area contributed by atoms with Gasteiger partial charge in [0.1, 0.15) is 5.82 Å². The van der Waals surface area contributed by atoms with Gasteiger partial charge in [-0.2, -0.15) is 0 Å². The molecule has 1 heterocycles. The van der Waals surface area contributed by atoms with Gasteiger partial charge in [0.25, 0.3) is 5.91 Å². The third-order valence-corrected chi connectivity index (χ3v) is 3.76. The van der Waals surface area contributed by atoms with Crippen molar-refractivity contribution in [2.75, 3.05) is 36.2 Å². The smallest absolute Gasteiger partial charge is 0.257 e. The Bertz CT molecular complexity index is 788. The van der Waals surface area contributed by atoms with Crippen LogP contribution in [0.2, 0.25) is 0 Å². The maximum Gasteiger partial charge on any atom is 0.257 e. The van der Waals surface area contributed by atoms with Crippen molar-refractivity contribution in [1.82, 2.24) is 4.98 Å². The molecule has 144 valence electrons. The first-order valence-electron chi connectivity index (χ1n) is 8.82. The van der Waals surface area contributed by atoms with Crippen LogP contribution in [0.25, 0.3) is 0 Å². The predicted molar refractivity (Wildman–Crippen MR) is 108 cm³/mol. The van der Waals surface area contributed by atoms with Gasteiger partial charge in [0.2, 0.25) is 0 Å². The van der Waals surface area contributed by atoms with Crippen LogP contribution < -0.4 is 16.0 Å². The van der Waals surface area contributed by atoms with Crippen molar-refractivity contribution in [3.8, 4) is 0 Å². The molecule has 0 aliphatic rings. The molecule has 0 aliphatic carbocycles. The van der Waals surface area contributed by atoms with E-state index in [1.807, 2.05) is 13.8 Å². The Balaban J connectivity index is 2.18. The van der Waals surface area contributed by atoms with E-state index < -0.39 is 0 Å². The van der Waals surface area contributed by atoms with Gasteiger partial charge in [-0.1, -0.05) is 0 Å². The molecule has 0 radical (unpaired) electrons. The molecule has 0 atom stereocenters. The Labute approximate surface area is 159 Å². The van der Waals surface area contributed by atoms with Gasteiger partial charge in [0.15, 0.2) is 5.78 Å². The Morgan fingerprint density at radius 2 is 1.85 bits per heavy atom. The van der Waals surface area contributed by atoms with E-state index in [9.17, 15) is 9.59 Å². The number of Topliss-reactive ketones (excluding diaryl/α,β-unsaturated/α-hetero) is 1. The molecular weight excluding hydrogens is 344 g/mol. The van der Waals surface area contributed by atoms with Crippen molar-refractivity contribution in [3.05, 3.63) is 47.7 Å². The average molecular weight is 370 g/mol. The lowest BCUT2D eigenvalue weighted by molar-refractivity contribution is 0.101. The van der Waals surface area contributed by atoms with E-state index >= 15 is 0 Å². The number of hydrogen-bond acceptors (Lipinski definition) is 6. The number of benzene rings is 1. The van der Waals surface area contributed by atoms with Crippen molar-refractivity contribution >= 4 is 28.9 Å². The lowest BCUT2D eigenvalue weighted by Gasteiger charge is -2.14. The van der Waals surface area contributed by atoms with Gasteiger partial charge in [-0.05, 0) is 51.1 Å². The number of ketones is 1. The van der Waals surface area contributed by atoms with Crippen LogP contribution in [-0.4, -0.2) is 43.0 Å². The summed E-state index contributed by atoms with van der Waals surface area (Å²) in [7, 11) is 1.62. The quantitative estimate of drug-likeness (QED) is 0.463. The molecule has 0 aliphatic heterocycles. The molecule has 2 aromatic rings. The van der Waals surface area contributed by atoms with Crippen LogP contribution in [-0.2, 0) is 4.74 Å². The zero-order valence-electron chi connectivity index (χ0n) is 16.1. The molecule has 3 N–H and O–H groups in total. The first kappa shape index (κ1) is 20.4. The third kappa shape index (κ3) is 6.07. The molecule has 1 aromatic heterocycles. The van der Waals surface area contributed by atoms with Crippen LogP contribution >= 0.6 is 0 Å². The van der Waals surface area contributed by atoms with Crippen LogP contribution in [0, 0.1) is 0 Å². The lowest BCUT2D eigenvalue weighted by atomic mass is 10.1. The number of aromatic nitrogens is 1. The van der Waals surface area contributed by atoms with E-state index in [2.05, 4.69) is 20.9 Å². The number of ether oxygens (including phenoxy) is 1. The number of amides is 1. The molecule has 0 saturated heterocycles. The van der Waals surface area contributed by atoms with E-state index in [0.717, 1.165) is 5.69 Å². The van der Waals surface area contributed by atoms with Crippen molar-refractivity contribution < 1.29 is 14.3 Å². The second-order valence-electron chi connectivity index (χ2n) is 6.42. The van der Waals surface area contributed by atoms with Crippen LogP contribution in [0.3, 0.4) is 0 Å². The molecule has 0 unspecified atom stereocenters. The van der Waals surface area contributed by atoms with Gasteiger partial charge >= 0.3 is 0 Å². The monoisotopic (exact) mass is 370 g/mol. The highest BCUT2D eigenvalue weighted by atomic mass is 16.5. The number of nitrogens with zero attached hydrogens (tertiary/aromatic N) is 1. The molecular formula is C20H26N4O3. The summed E-state index contributed by atoms with van der Waals surface area (Å²) < 4.78 is 5.04. The highest BCUT2D eigenvalue weighted by Gasteiger charge is 2.12. The van der Waals surface area contributed by atoms with Crippen LogP contribution in [0.15, 0.2) is 36.5 Å². The minimum atomic E-state index is -0.297. The first-order valence-corrected chi connectivity index (χ1v) is 8.82. The number of carbonyl (C=O) groups is 2. The zero-order chi connectivity index (χ0) is 19.8. The summed E-state index contributed by atoms with van der Waals surface area (Å²) >= 11 is 0. The molecule has 27 heavy (non-hydrogen) atoms. The number of methoxy groups -OCH3 is 1. The maximum absolute atomic E-state index is 12.6. The van der Waals surface area contributed by atoms with E-state index in [1.165, 1.54) is 13.1 Å². The lowest BCUT2D eigenvalue weighted by Crippen LogP contribution is -2.16. The van der Waals surface area contributed by atoms with Crippen LogP contribution in [0.1, 0.15) is 41.5 Å². The largest absolute Gasteiger partial charge is 0.383 e. The van der Waals surface area contributed by atoms with Crippen molar-refractivity contribution in [2.24, 2.45) is 0 Å². The average Bonchev–Trinajstić information content (AvgIpc) is 2.63. The maximum atomic E-state index is 12.6. The van der Waals surface area contributed by atoms with Gasteiger partial charge in [0, 0.05) is 31.5 Å². The SMILES string of the molecule is COCCNc1ccc(C(C)=O)cc1NC(=O)c1ccc(NC(C)C)nc1. The third-order valence-electron chi connectivity index (χ3n) is 3.76. The van der Waals surface area contributed by atoms with E-state index in [4.69, 9.17) is 4.74 Å². The standard InChI is InChI=1S/C20H26N4O3/c1-13(2)23-19-8-6-16(12-22-19)20(26)24-18-11-15(14(3)25)5-7-17(18)21-9-10-27-4/h5-8,11-13,21H,9-10H2,1-4H3,(H,22,23)(H,24,26). The summed E-state index contributed by atoms with van der Waals surface area (Å²) in [5, 5.41) is 9.22. The topological polar surface area (TPSA) is 92.4 Å². The van der Waals surface area contributed by atoms with Crippen LogP contribution in [0.5, 0.6) is 0 Å². The number of pyridine rings is 1. The second-order valence-corrected chi connectivity index (χ2v) is 6.42. The van der Waals surface area contributed by atoms with Crippen LogP contribution in [0.4, 0.5) is 17.2 Å². The summed E-state index contributed by atoms with van der Waals surface area (Å²) in [5.41, 5.74) is 2.21. The molecule has 0 spiro atoms. The molecule has 7 nitrogen and oxygen atoms in total. The Morgan fingerprint density at radius 3 is 2.44 bits per heavy atom. The van der Waals surface area contributed by atoms with Gasteiger partial charge < -0.3 is 20.7 Å². The molecule has 1 aromatic carbocycles. The Hall–Kier alpha value is -2.93. The van der Waals surface area contributed by atoms with Gasteiger partial charge in [-0.3, -0.25) is 9.59 Å². The van der Waals surface area contributed by atoms with Gasteiger partial charge in [0.05, 0.1) is 23.5 Å². The fourth-order valence-electron chi connectivity index (χ4n) is 2.41. The Morgan fingerprint density at radius 1 is 1.11 bits per heavy atom. The van der Waals surface area contributed by atoms with Crippen molar-refractivity contribution in [3.63, 3.8) is 0 Å². The zero-order valence-corrected chi connectivity index (χ0v) is 16.1. The normalized spacial score (nSPS) is 10.6. The fourth-order valence-corrected chi connectivity index (χ4v) is 2.41. The number of hydrogen-bond donors (Lipinski definition) is 3. The highest BCUT2D eigenvalue weighted by molar-refractivity contribution is 6.07. The molecule has 1 amide bonds. The molecule has 0 saturated carbocycles. The summed E-state index contributed by atoms with van der Waals surface area (Å²) in [6.45, 7) is 6.63. The van der Waals surface area contributed by atoms with E-state index in [1.54, 1.807) is 37.4 Å². The van der Waals surface area contributed by atoms with Crippen molar-refractivity contribution in [2.45, 2.75) is 26.8 Å². The minimum absolute atomic E-state index is 0.0697. The number of rotatable bonds is 9. The van der Waals surface area contributed by atoms with Crippen molar-refractivity contribution in [1.29, 1.82) is 0 Å². The summed E-state index contributed by atoms with van der Waals surface area (Å²) in [6, 6.07) is 8.89. The molecule has 0 fully saturated rings. The first-order chi connectivity index (χ1) is 12.9.